The number of rotatable bonds is 7. The lowest BCUT2D eigenvalue weighted by molar-refractivity contribution is 0.0696. The number of nitrogens with zero attached hydrogens (tertiary/aromatic N) is 2. The molecule has 9 heteroatoms. The molecule has 3 N–H and O–H groups in total. The Morgan fingerprint density at radius 2 is 1.58 bits per heavy atom. The monoisotopic (exact) mass is 424 g/mol. The zero-order chi connectivity index (χ0) is 24.2. The Bertz CT molecular complexity index is 1220. The van der Waals surface area contributed by atoms with Gasteiger partial charge in [0.05, 0.1) is 8.30 Å². The fourth-order valence-corrected chi connectivity index (χ4v) is 2.58. The average Bonchev–Trinajstić information content (AvgIpc) is 2.79. The number of carboxylic acids is 1. The first-order valence-electron chi connectivity index (χ1n) is 10.1. The lowest BCUT2D eigenvalue weighted by Crippen LogP contribution is -2.27. The molecule has 8 nitrogen and oxygen atoms in total. The predicted molar refractivity (Wildman–Crippen MR) is 109 cm³/mol. The third-order valence-corrected chi connectivity index (χ3v) is 4.26. The minimum atomic E-state index is -2.33. The van der Waals surface area contributed by atoms with E-state index in [-0.39, 0.29) is 34.9 Å². The van der Waals surface area contributed by atoms with Gasteiger partial charge < -0.3 is 15.7 Å². The van der Waals surface area contributed by atoms with E-state index in [0.717, 1.165) is 12.4 Å². The topological polar surface area (TPSA) is 121 Å². The zero-order valence-corrected chi connectivity index (χ0v) is 16.3. The third kappa shape index (κ3) is 5.69. The van der Waals surface area contributed by atoms with Crippen molar-refractivity contribution in [3.8, 4) is 0 Å². The first kappa shape index (κ1) is 18.9. The molecule has 0 saturated carbocycles. The van der Waals surface area contributed by atoms with Gasteiger partial charge in [0.1, 0.15) is 23.5 Å². The van der Waals surface area contributed by atoms with Crippen LogP contribution in [0.3, 0.4) is 0 Å². The molecule has 0 spiro atoms. The van der Waals surface area contributed by atoms with E-state index in [1.165, 1.54) is 36.4 Å². The molecule has 1 heterocycles. The molecule has 1 aromatic heterocycles. The highest BCUT2D eigenvalue weighted by Gasteiger charge is 2.13. The number of carbonyl (C=O) groups excluding carboxylic acids is 2. The SMILES string of the molecule is [2H]C([2H])(NC(=O)c1cc(C(=O)NCc2ccc(F)c(C)c2)ncn1)c1ccc(C(=O)O)cc1. The van der Waals surface area contributed by atoms with Gasteiger partial charge in [-0.3, -0.25) is 9.59 Å². The van der Waals surface area contributed by atoms with Crippen LogP contribution < -0.4 is 10.6 Å². The van der Waals surface area contributed by atoms with E-state index in [9.17, 15) is 18.8 Å². The first-order chi connectivity index (χ1) is 15.6. The highest BCUT2D eigenvalue weighted by Crippen LogP contribution is 2.09. The summed E-state index contributed by atoms with van der Waals surface area (Å²) in [6.07, 6.45) is 1.00. The van der Waals surface area contributed by atoms with Crippen molar-refractivity contribution in [2.45, 2.75) is 20.0 Å². The minimum Gasteiger partial charge on any atom is -0.478 e. The molecule has 0 fully saturated rings. The smallest absolute Gasteiger partial charge is 0.335 e. The molecule has 0 radical (unpaired) electrons. The van der Waals surface area contributed by atoms with E-state index < -0.39 is 24.3 Å². The number of hydrogen-bond donors (Lipinski definition) is 3. The molecular weight excluding hydrogens is 403 g/mol. The fraction of sp³-hybridized carbons (Fsp3) is 0.136. The number of hydrogen-bond acceptors (Lipinski definition) is 5. The molecule has 0 atom stereocenters. The highest BCUT2D eigenvalue weighted by molar-refractivity contribution is 5.97. The molecule has 3 rings (SSSR count). The second-order valence-corrected chi connectivity index (χ2v) is 6.52. The molecule has 0 aliphatic heterocycles. The van der Waals surface area contributed by atoms with Crippen molar-refractivity contribution in [3.05, 3.63) is 94.3 Å². The Morgan fingerprint density at radius 1 is 0.968 bits per heavy atom. The van der Waals surface area contributed by atoms with Crippen LogP contribution in [0.1, 0.15) is 50.8 Å². The highest BCUT2D eigenvalue weighted by atomic mass is 19.1. The lowest BCUT2D eigenvalue weighted by Gasteiger charge is -2.08. The van der Waals surface area contributed by atoms with Crippen LogP contribution in [0.4, 0.5) is 4.39 Å². The summed E-state index contributed by atoms with van der Waals surface area (Å²) in [7, 11) is 0. The summed E-state index contributed by atoms with van der Waals surface area (Å²) in [6, 6.07) is 10.5. The maximum atomic E-state index is 13.4. The second-order valence-electron chi connectivity index (χ2n) is 6.52. The standard InChI is InChI=1S/C22H19FN4O4/c1-13-8-15(4-7-17(13)23)11-25-21(29)19-9-18(26-12-27-19)20(28)24-10-14-2-5-16(6-3-14)22(30)31/h2-9,12H,10-11H2,1H3,(H,24,28)(H,25,29)(H,30,31)/i10D2. The van der Waals surface area contributed by atoms with Gasteiger partial charge in [-0.1, -0.05) is 24.3 Å². The van der Waals surface area contributed by atoms with Crippen LogP contribution >= 0.6 is 0 Å². The molecule has 31 heavy (non-hydrogen) atoms. The summed E-state index contributed by atoms with van der Waals surface area (Å²) < 4.78 is 29.6. The molecule has 2 aromatic carbocycles. The quantitative estimate of drug-likeness (QED) is 0.536. The Labute approximate surface area is 180 Å². The van der Waals surface area contributed by atoms with Gasteiger partial charge in [0.25, 0.3) is 11.8 Å². The number of aromatic nitrogens is 2. The van der Waals surface area contributed by atoms with Gasteiger partial charge in [0.2, 0.25) is 0 Å². The number of carboxylic acid groups (broad SMARTS) is 1. The largest absolute Gasteiger partial charge is 0.478 e. The molecule has 158 valence electrons. The van der Waals surface area contributed by atoms with E-state index in [1.54, 1.807) is 13.0 Å². The molecule has 2 amide bonds. The summed E-state index contributed by atoms with van der Waals surface area (Å²) in [5, 5.41) is 13.7. The molecule has 0 aliphatic carbocycles. The molecular formula is C22H19FN4O4. The van der Waals surface area contributed by atoms with E-state index in [4.69, 9.17) is 7.85 Å². The van der Waals surface area contributed by atoms with Crippen LogP contribution in [0, 0.1) is 12.7 Å². The van der Waals surface area contributed by atoms with Crippen LogP contribution in [-0.4, -0.2) is 32.9 Å². The second kappa shape index (κ2) is 9.57. The van der Waals surface area contributed by atoms with Crippen molar-refractivity contribution < 1.29 is 26.6 Å². The van der Waals surface area contributed by atoms with Crippen molar-refractivity contribution >= 4 is 17.8 Å². The molecule has 0 unspecified atom stereocenters. The molecule has 0 aliphatic rings. The van der Waals surface area contributed by atoms with Crippen LogP contribution in [0.2, 0.25) is 0 Å². The summed E-state index contributed by atoms with van der Waals surface area (Å²) in [6.45, 7) is -0.614. The van der Waals surface area contributed by atoms with E-state index >= 15 is 0 Å². The number of benzene rings is 2. The summed E-state index contributed by atoms with van der Waals surface area (Å²) in [4.78, 5) is 43.5. The average molecular weight is 424 g/mol. The lowest BCUT2D eigenvalue weighted by atomic mass is 10.1. The van der Waals surface area contributed by atoms with Gasteiger partial charge in [0.15, 0.2) is 0 Å². The number of halogens is 1. The van der Waals surface area contributed by atoms with Crippen LogP contribution in [0.15, 0.2) is 54.9 Å². The van der Waals surface area contributed by atoms with Gasteiger partial charge in [-0.05, 0) is 41.8 Å². The number of carbonyl (C=O) groups is 3. The number of aryl methyl sites for hydroxylation is 1. The number of aromatic carboxylic acids is 1. The van der Waals surface area contributed by atoms with Crippen molar-refractivity contribution in [2.24, 2.45) is 0 Å². The Hall–Kier alpha value is -4.14. The van der Waals surface area contributed by atoms with Crippen molar-refractivity contribution in [3.63, 3.8) is 0 Å². The van der Waals surface area contributed by atoms with Crippen LogP contribution in [0.25, 0.3) is 0 Å². The van der Waals surface area contributed by atoms with E-state index in [1.807, 2.05) is 0 Å². The normalized spacial score (nSPS) is 11.8. The maximum Gasteiger partial charge on any atom is 0.335 e. The van der Waals surface area contributed by atoms with Crippen LogP contribution in [0.5, 0.6) is 0 Å². The van der Waals surface area contributed by atoms with Gasteiger partial charge >= 0.3 is 5.97 Å². The Balaban J connectivity index is 1.68. The molecule has 3 aromatic rings. The predicted octanol–water partition coefficient (Wildman–Crippen LogP) is 2.48. The fourth-order valence-electron chi connectivity index (χ4n) is 2.58. The van der Waals surface area contributed by atoms with E-state index in [2.05, 4.69) is 20.6 Å². The Kier molecular flexibility index (Phi) is 5.82. The van der Waals surface area contributed by atoms with Gasteiger partial charge in [-0.15, -0.1) is 0 Å². The summed E-state index contributed by atoms with van der Waals surface area (Å²) >= 11 is 0. The van der Waals surface area contributed by atoms with Crippen molar-refractivity contribution in [2.75, 3.05) is 0 Å². The van der Waals surface area contributed by atoms with Gasteiger partial charge in [-0.25, -0.2) is 19.2 Å². The third-order valence-electron chi connectivity index (χ3n) is 4.26. The maximum absolute atomic E-state index is 13.4. The molecule has 0 bridgehead atoms. The Morgan fingerprint density at radius 3 is 2.19 bits per heavy atom. The first-order valence-corrected chi connectivity index (χ1v) is 9.08. The van der Waals surface area contributed by atoms with Gasteiger partial charge in [0, 0.05) is 19.1 Å². The zero-order valence-electron chi connectivity index (χ0n) is 18.3. The van der Waals surface area contributed by atoms with Crippen molar-refractivity contribution in [1.29, 1.82) is 0 Å². The summed E-state index contributed by atoms with van der Waals surface area (Å²) in [5.74, 6) is -3.00. The van der Waals surface area contributed by atoms with Crippen LogP contribution in [-0.2, 0) is 13.0 Å². The summed E-state index contributed by atoms with van der Waals surface area (Å²) in [5.41, 5.74) is 0.774. The number of amides is 2. The van der Waals surface area contributed by atoms with Crippen molar-refractivity contribution in [1.82, 2.24) is 20.6 Å². The van der Waals surface area contributed by atoms with E-state index in [0.29, 0.717) is 11.1 Å². The molecule has 0 saturated heterocycles. The van der Waals surface area contributed by atoms with Gasteiger partial charge in [-0.2, -0.15) is 0 Å². The minimum absolute atomic E-state index is 0.0249. The number of nitrogens with one attached hydrogen (secondary N) is 2.